The van der Waals surface area contributed by atoms with Crippen molar-refractivity contribution in [1.82, 2.24) is 10.2 Å². The minimum absolute atomic E-state index is 0.496. The molecular weight excluding hydrogens is 244 g/mol. The minimum atomic E-state index is 0.496. The van der Waals surface area contributed by atoms with Crippen LogP contribution in [0.15, 0.2) is 24.3 Å². The summed E-state index contributed by atoms with van der Waals surface area (Å²) in [5.74, 6) is 0.654. The van der Waals surface area contributed by atoms with Gasteiger partial charge in [0, 0.05) is 37.2 Å². The summed E-state index contributed by atoms with van der Waals surface area (Å²) in [5, 5.41) is 4.27. The van der Waals surface area contributed by atoms with E-state index < -0.39 is 0 Å². The third kappa shape index (κ3) is 3.25. The average molecular weight is 267 g/mol. The van der Waals surface area contributed by atoms with E-state index in [2.05, 4.69) is 42.3 Å². The van der Waals surface area contributed by atoms with Crippen LogP contribution in [0.25, 0.3) is 0 Å². The van der Waals surface area contributed by atoms with Gasteiger partial charge in [0.2, 0.25) is 0 Å². The van der Waals surface area contributed by atoms with E-state index >= 15 is 0 Å². The second-order valence-electron chi connectivity index (χ2n) is 5.17. The summed E-state index contributed by atoms with van der Waals surface area (Å²) in [6.07, 6.45) is 1.20. The molecule has 2 nitrogen and oxygen atoms in total. The second-order valence-corrected chi connectivity index (χ2v) is 5.61. The van der Waals surface area contributed by atoms with Crippen molar-refractivity contribution in [2.24, 2.45) is 5.92 Å². The summed E-state index contributed by atoms with van der Waals surface area (Å²) in [5.41, 5.74) is 1.36. The van der Waals surface area contributed by atoms with Gasteiger partial charge in [-0.15, -0.1) is 0 Å². The minimum Gasteiger partial charge on any atom is -0.314 e. The Balaban J connectivity index is 2.23. The average Bonchev–Trinajstić information content (AvgIpc) is 2.40. The van der Waals surface area contributed by atoms with Gasteiger partial charge in [-0.25, -0.2) is 0 Å². The molecule has 0 saturated carbocycles. The summed E-state index contributed by atoms with van der Waals surface area (Å²) in [7, 11) is 0. The molecule has 3 heteroatoms. The number of rotatable bonds is 4. The first kappa shape index (κ1) is 13.9. The predicted octanol–water partition coefficient (Wildman–Crippen LogP) is 3.33. The lowest BCUT2D eigenvalue weighted by Crippen LogP contribution is -2.46. The van der Waals surface area contributed by atoms with Crippen LogP contribution in [0.3, 0.4) is 0 Å². The Morgan fingerprint density at radius 1 is 1.33 bits per heavy atom. The molecule has 2 rings (SSSR count). The largest absolute Gasteiger partial charge is 0.314 e. The number of piperazine rings is 1. The highest BCUT2D eigenvalue weighted by Gasteiger charge is 2.26. The van der Waals surface area contributed by atoms with Crippen LogP contribution in [-0.2, 0) is 0 Å². The fraction of sp³-hybridized carbons (Fsp3) is 0.600. The first-order valence-electron chi connectivity index (χ1n) is 6.92. The first-order chi connectivity index (χ1) is 8.72. The third-order valence-electron chi connectivity index (χ3n) is 3.92. The fourth-order valence-electron chi connectivity index (χ4n) is 2.77. The van der Waals surface area contributed by atoms with E-state index in [-0.39, 0.29) is 0 Å². The van der Waals surface area contributed by atoms with Gasteiger partial charge < -0.3 is 5.32 Å². The maximum atomic E-state index is 6.14. The van der Waals surface area contributed by atoms with E-state index in [1.807, 2.05) is 6.07 Å². The van der Waals surface area contributed by atoms with Crippen molar-refractivity contribution in [3.63, 3.8) is 0 Å². The predicted molar refractivity (Wildman–Crippen MR) is 78.1 cm³/mol. The maximum Gasteiger partial charge on any atom is 0.0409 e. The van der Waals surface area contributed by atoms with Gasteiger partial charge >= 0.3 is 0 Å². The smallest absolute Gasteiger partial charge is 0.0409 e. The zero-order chi connectivity index (χ0) is 13.0. The van der Waals surface area contributed by atoms with Gasteiger partial charge in [0.25, 0.3) is 0 Å². The molecule has 0 spiro atoms. The quantitative estimate of drug-likeness (QED) is 0.899. The summed E-state index contributed by atoms with van der Waals surface area (Å²) in [4.78, 5) is 2.59. The molecule has 18 heavy (non-hydrogen) atoms. The molecule has 0 aliphatic carbocycles. The zero-order valence-electron chi connectivity index (χ0n) is 11.3. The van der Waals surface area contributed by atoms with E-state index in [1.54, 1.807) is 0 Å². The van der Waals surface area contributed by atoms with Crippen molar-refractivity contribution in [2.45, 2.75) is 26.3 Å². The Hall–Kier alpha value is -0.570. The molecule has 1 unspecified atom stereocenters. The second kappa shape index (κ2) is 6.55. The van der Waals surface area contributed by atoms with E-state index in [0.29, 0.717) is 12.0 Å². The normalized spacial score (nSPS) is 20.6. The maximum absolute atomic E-state index is 6.14. The molecule has 0 aromatic heterocycles. The Morgan fingerprint density at radius 2 is 2.06 bits per heavy atom. The van der Waals surface area contributed by atoms with E-state index in [1.165, 1.54) is 12.0 Å². The van der Waals surface area contributed by atoms with Gasteiger partial charge in [-0.2, -0.15) is 0 Å². The molecule has 1 saturated heterocycles. The molecule has 1 fully saturated rings. The number of hydrogen-bond acceptors (Lipinski definition) is 2. The molecule has 0 radical (unpaired) electrons. The van der Waals surface area contributed by atoms with Crippen LogP contribution in [0.2, 0.25) is 5.02 Å². The van der Waals surface area contributed by atoms with E-state index in [4.69, 9.17) is 11.6 Å². The van der Waals surface area contributed by atoms with Gasteiger partial charge in [0.05, 0.1) is 0 Å². The number of nitrogens with zero attached hydrogens (tertiary/aromatic N) is 1. The Labute approximate surface area is 115 Å². The SMILES string of the molecule is CCC(C)[C@H](c1cccc(Cl)c1)N1CCNCC1. The molecule has 1 heterocycles. The summed E-state index contributed by atoms with van der Waals surface area (Å²) >= 11 is 6.14. The highest BCUT2D eigenvalue weighted by molar-refractivity contribution is 6.30. The topological polar surface area (TPSA) is 15.3 Å². The number of halogens is 1. The zero-order valence-corrected chi connectivity index (χ0v) is 12.1. The van der Waals surface area contributed by atoms with Crippen LogP contribution in [0, 0.1) is 5.92 Å². The Kier molecular flexibility index (Phi) is 5.04. The van der Waals surface area contributed by atoms with Gasteiger partial charge in [-0.05, 0) is 23.6 Å². The summed E-state index contributed by atoms with van der Waals surface area (Å²) in [6.45, 7) is 9.04. The molecule has 1 aliphatic rings. The number of hydrogen-bond donors (Lipinski definition) is 1. The molecular formula is C15H23ClN2. The van der Waals surface area contributed by atoms with Crippen molar-refractivity contribution < 1.29 is 0 Å². The first-order valence-corrected chi connectivity index (χ1v) is 7.30. The van der Waals surface area contributed by atoms with Crippen LogP contribution in [0.1, 0.15) is 31.9 Å². The van der Waals surface area contributed by atoms with Crippen molar-refractivity contribution in [3.05, 3.63) is 34.9 Å². The molecule has 1 N–H and O–H groups in total. The van der Waals surface area contributed by atoms with Gasteiger partial charge in [-0.1, -0.05) is 44.0 Å². The van der Waals surface area contributed by atoms with Gasteiger partial charge in [0.15, 0.2) is 0 Å². The molecule has 2 atom stereocenters. The van der Waals surface area contributed by atoms with Crippen molar-refractivity contribution >= 4 is 11.6 Å². The van der Waals surface area contributed by atoms with Crippen LogP contribution in [-0.4, -0.2) is 31.1 Å². The molecule has 100 valence electrons. The van der Waals surface area contributed by atoms with Crippen LogP contribution in [0.4, 0.5) is 0 Å². The summed E-state index contributed by atoms with van der Waals surface area (Å²) < 4.78 is 0. The van der Waals surface area contributed by atoms with E-state index in [0.717, 1.165) is 31.2 Å². The highest BCUT2D eigenvalue weighted by Crippen LogP contribution is 2.32. The van der Waals surface area contributed by atoms with Crippen molar-refractivity contribution in [1.29, 1.82) is 0 Å². The highest BCUT2D eigenvalue weighted by atomic mass is 35.5. The molecule has 1 aromatic rings. The monoisotopic (exact) mass is 266 g/mol. The molecule has 0 amide bonds. The van der Waals surface area contributed by atoms with E-state index in [9.17, 15) is 0 Å². The Morgan fingerprint density at radius 3 is 2.67 bits per heavy atom. The third-order valence-corrected chi connectivity index (χ3v) is 4.15. The van der Waals surface area contributed by atoms with Crippen molar-refractivity contribution in [3.8, 4) is 0 Å². The van der Waals surface area contributed by atoms with Gasteiger partial charge in [-0.3, -0.25) is 4.90 Å². The summed E-state index contributed by atoms with van der Waals surface area (Å²) in [6, 6.07) is 8.85. The lowest BCUT2D eigenvalue weighted by molar-refractivity contribution is 0.128. The van der Waals surface area contributed by atoms with Crippen molar-refractivity contribution in [2.75, 3.05) is 26.2 Å². The number of nitrogens with one attached hydrogen (secondary N) is 1. The van der Waals surface area contributed by atoms with Crippen LogP contribution >= 0.6 is 11.6 Å². The molecule has 1 aromatic carbocycles. The Bertz CT molecular complexity index is 375. The molecule has 0 bridgehead atoms. The van der Waals surface area contributed by atoms with Gasteiger partial charge in [0.1, 0.15) is 0 Å². The van der Waals surface area contributed by atoms with Crippen LogP contribution in [0.5, 0.6) is 0 Å². The lowest BCUT2D eigenvalue weighted by atomic mass is 9.90. The lowest BCUT2D eigenvalue weighted by Gasteiger charge is -2.38. The standard InChI is InChI=1S/C15H23ClN2/c1-3-12(2)15(18-9-7-17-8-10-18)13-5-4-6-14(16)11-13/h4-6,11-12,15,17H,3,7-10H2,1-2H3/t12?,15-/m1/s1. The van der Waals surface area contributed by atoms with Crippen LogP contribution < -0.4 is 5.32 Å². The number of benzene rings is 1. The fourth-order valence-corrected chi connectivity index (χ4v) is 2.97. The molecule has 1 aliphatic heterocycles.